The summed E-state index contributed by atoms with van der Waals surface area (Å²) in [6.45, 7) is 1.99. The molecule has 0 aliphatic heterocycles. The number of nitrogens with zero attached hydrogens (tertiary/aromatic N) is 2. The van der Waals surface area contributed by atoms with Gasteiger partial charge in [-0.15, -0.1) is 11.3 Å². The standard InChI is InChI=1S/C28H23N3O2S/c1-2-19-8-14-23(15-9-19)30-25(32)16-31-18-29-27-26(28(31)33)24(17-34-27)22-12-10-21(11-13-22)20-6-4-3-5-7-20/h3-15,17-18H,2,16H2,1H3,(H,30,32). The molecule has 34 heavy (non-hydrogen) atoms. The average molecular weight is 466 g/mol. The fourth-order valence-corrected chi connectivity index (χ4v) is 4.85. The highest BCUT2D eigenvalue weighted by molar-refractivity contribution is 7.17. The van der Waals surface area contributed by atoms with Crippen LogP contribution in [0.25, 0.3) is 32.5 Å². The molecule has 1 amide bonds. The predicted octanol–water partition coefficient (Wildman–Crippen LogP) is 5.99. The predicted molar refractivity (Wildman–Crippen MR) is 139 cm³/mol. The molecule has 0 unspecified atom stereocenters. The fourth-order valence-electron chi connectivity index (χ4n) is 3.94. The Morgan fingerprint density at radius 3 is 2.29 bits per heavy atom. The van der Waals surface area contributed by atoms with Crippen molar-refractivity contribution < 1.29 is 4.79 Å². The van der Waals surface area contributed by atoms with Crippen LogP contribution in [-0.2, 0) is 17.8 Å². The van der Waals surface area contributed by atoms with Crippen molar-refractivity contribution in [2.24, 2.45) is 0 Å². The molecule has 2 heterocycles. The van der Waals surface area contributed by atoms with E-state index in [2.05, 4.69) is 41.5 Å². The lowest BCUT2D eigenvalue weighted by Crippen LogP contribution is -2.27. The summed E-state index contributed by atoms with van der Waals surface area (Å²) in [6.07, 6.45) is 2.39. The van der Waals surface area contributed by atoms with Gasteiger partial charge in [0.1, 0.15) is 11.4 Å². The van der Waals surface area contributed by atoms with Gasteiger partial charge in [0.25, 0.3) is 5.56 Å². The minimum absolute atomic E-state index is 0.0977. The molecular weight excluding hydrogens is 442 g/mol. The van der Waals surface area contributed by atoms with E-state index in [1.165, 1.54) is 27.8 Å². The quantitative estimate of drug-likeness (QED) is 0.335. The number of amides is 1. The molecule has 0 atom stereocenters. The Hall–Kier alpha value is -4.03. The maximum atomic E-state index is 13.3. The first-order valence-corrected chi connectivity index (χ1v) is 12.0. The smallest absolute Gasteiger partial charge is 0.263 e. The van der Waals surface area contributed by atoms with Gasteiger partial charge in [-0.1, -0.05) is 73.7 Å². The van der Waals surface area contributed by atoms with E-state index in [1.54, 1.807) is 0 Å². The van der Waals surface area contributed by atoms with Gasteiger partial charge in [-0.2, -0.15) is 0 Å². The molecule has 0 spiro atoms. The topological polar surface area (TPSA) is 64.0 Å². The lowest BCUT2D eigenvalue weighted by molar-refractivity contribution is -0.116. The first kappa shape index (κ1) is 21.8. The van der Waals surface area contributed by atoms with E-state index in [9.17, 15) is 9.59 Å². The van der Waals surface area contributed by atoms with Gasteiger partial charge in [0.15, 0.2) is 0 Å². The summed E-state index contributed by atoms with van der Waals surface area (Å²) in [5, 5.41) is 5.35. The number of aryl methyl sites for hydroxylation is 1. The van der Waals surface area contributed by atoms with Crippen LogP contribution in [-0.4, -0.2) is 15.5 Å². The molecule has 168 valence electrons. The van der Waals surface area contributed by atoms with Gasteiger partial charge in [-0.25, -0.2) is 4.98 Å². The number of thiophene rings is 1. The number of anilines is 1. The number of aromatic nitrogens is 2. The molecule has 5 rings (SSSR count). The van der Waals surface area contributed by atoms with Crippen LogP contribution >= 0.6 is 11.3 Å². The molecule has 0 bridgehead atoms. The van der Waals surface area contributed by atoms with Crippen molar-refractivity contribution in [2.45, 2.75) is 19.9 Å². The number of rotatable bonds is 6. The second-order valence-corrected chi connectivity index (χ2v) is 8.91. The minimum atomic E-state index is -0.267. The van der Waals surface area contributed by atoms with Crippen molar-refractivity contribution >= 4 is 33.1 Å². The second-order valence-electron chi connectivity index (χ2n) is 8.05. The second kappa shape index (κ2) is 9.45. The van der Waals surface area contributed by atoms with E-state index in [-0.39, 0.29) is 18.0 Å². The zero-order valence-corrected chi connectivity index (χ0v) is 19.5. The molecule has 2 aromatic heterocycles. The van der Waals surface area contributed by atoms with Crippen molar-refractivity contribution in [3.8, 4) is 22.3 Å². The Morgan fingerprint density at radius 2 is 1.59 bits per heavy atom. The molecule has 0 saturated carbocycles. The largest absolute Gasteiger partial charge is 0.325 e. The highest BCUT2D eigenvalue weighted by atomic mass is 32.1. The Bertz CT molecular complexity index is 1500. The third-order valence-corrected chi connectivity index (χ3v) is 6.71. The van der Waals surface area contributed by atoms with Crippen LogP contribution in [0.4, 0.5) is 5.69 Å². The zero-order valence-electron chi connectivity index (χ0n) is 18.7. The van der Waals surface area contributed by atoms with E-state index in [0.717, 1.165) is 28.7 Å². The van der Waals surface area contributed by atoms with Gasteiger partial charge in [0.2, 0.25) is 5.91 Å². The first-order chi connectivity index (χ1) is 16.6. The molecule has 5 aromatic rings. The van der Waals surface area contributed by atoms with Crippen LogP contribution in [0.5, 0.6) is 0 Å². The molecule has 0 aliphatic carbocycles. The molecule has 5 nitrogen and oxygen atoms in total. The van der Waals surface area contributed by atoms with Crippen molar-refractivity contribution in [1.82, 2.24) is 9.55 Å². The zero-order chi connectivity index (χ0) is 23.5. The van der Waals surface area contributed by atoms with Gasteiger partial charge in [0, 0.05) is 16.6 Å². The molecular formula is C28H23N3O2S. The Balaban J connectivity index is 1.41. The van der Waals surface area contributed by atoms with Crippen LogP contribution in [0.3, 0.4) is 0 Å². The van der Waals surface area contributed by atoms with Gasteiger partial charge in [-0.05, 0) is 40.8 Å². The number of fused-ring (bicyclic) bond motifs is 1. The van der Waals surface area contributed by atoms with Crippen molar-refractivity contribution in [1.29, 1.82) is 0 Å². The van der Waals surface area contributed by atoms with Gasteiger partial charge in [-0.3, -0.25) is 14.2 Å². The molecule has 1 N–H and O–H groups in total. The van der Waals surface area contributed by atoms with Crippen molar-refractivity contribution in [3.05, 3.63) is 106 Å². The summed E-state index contributed by atoms with van der Waals surface area (Å²) in [5.41, 5.74) is 5.73. The molecule has 3 aromatic carbocycles. The van der Waals surface area contributed by atoms with Crippen LogP contribution in [0, 0.1) is 0 Å². The van der Waals surface area contributed by atoms with E-state index in [0.29, 0.717) is 15.9 Å². The highest BCUT2D eigenvalue weighted by Gasteiger charge is 2.15. The summed E-state index contributed by atoms with van der Waals surface area (Å²) >= 11 is 1.43. The fraction of sp³-hybridized carbons (Fsp3) is 0.107. The number of carbonyl (C=O) groups is 1. The number of nitrogens with one attached hydrogen (secondary N) is 1. The lowest BCUT2D eigenvalue weighted by Gasteiger charge is -2.09. The normalized spacial score (nSPS) is 11.0. The maximum Gasteiger partial charge on any atom is 0.263 e. The number of benzene rings is 3. The Morgan fingerprint density at radius 1 is 0.912 bits per heavy atom. The molecule has 0 saturated heterocycles. The van der Waals surface area contributed by atoms with E-state index in [1.807, 2.05) is 60.0 Å². The van der Waals surface area contributed by atoms with Gasteiger partial charge < -0.3 is 5.32 Å². The first-order valence-electron chi connectivity index (χ1n) is 11.1. The summed E-state index contributed by atoms with van der Waals surface area (Å²) < 4.78 is 1.37. The van der Waals surface area contributed by atoms with E-state index in [4.69, 9.17) is 0 Å². The third kappa shape index (κ3) is 4.40. The number of hydrogen-bond donors (Lipinski definition) is 1. The summed E-state index contributed by atoms with van der Waals surface area (Å²) in [5.74, 6) is -0.267. The number of hydrogen-bond acceptors (Lipinski definition) is 4. The Labute approximate surface area is 201 Å². The SMILES string of the molecule is CCc1ccc(NC(=O)Cn2cnc3scc(-c4ccc(-c5ccccc5)cc4)c3c2=O)cc1. The van der Waals surface area contributed by atoms with Crippen molar-refractivity contribution in [2.75, 3.05) is 5.32 Å². The van der Waals surface area contributed by atoms with Crippen molar-refractivity contribution in [3.63, 3.8) is 0 Å². The summed E-state index contributed by atoms with van der Waals surface area (Å²) in [7, 11) is 0. The third-order valence-electron chi connectivity index (χ3n) is 5.82. The van der Waals surface area contributed by atoms with Crippen LogP contribution in [0.1, 0.15) is 12.5 Å². The van der Waals surface area contributed by atoms with Gasteiger partial charge in [0.05, 0.1) is 11.7 Å². The lowest BCUT2D eigenvalue weighted by atomic mass is 10.0. The maximum absolute atomic E-state index is 13.3. The summed E-state index contributed by atoms with van der Waals surface area (Å²) in [6, 6.07) is 26.0. The van der Waals surface area contributed by atoms with Gasteiger partial charge >= 0.3 is 0 Å². The number of carbonyl (C=O) groups excluding carboxylic acids is 1. The minimum Gasteiger partial charge on any atom is -0.325 e. The molecule has 0 fully saturated rings. The van der Waals surface area contributed by atoms with Crippen LogP contribution in [0.15, 0.2) is 95.4 Å². The van der Waals surface area contributed by atoms with E-state index >= 15 is 0 Å². The van der Waals surface area contributed by atoms with E-state index < -0.39 is 0 Å². The Kier molecular flexibility index (Phi) is 6.06. The monoisotopic (exact) mass is 465 g/mol. The highest BCUT2D eigenvalue weighted by Crippen LogP contribution is 2.32. The molecule has 6 heteroatoms. The molecule has 0 aliphatic rings. The average Bonchev–Trinajstić information content (AvgIpc) is 3.32. The summed E-state index contributed by atoms with van der Waals surface area (Å²) in [4.78, 5) is 31.0. The van der Waals surface area contributed by atoms with Crippen LogP contribution in [0.2, 0.25) is 0 Å². The molecule has 0 radical (unpaired) electrons. The van der Waals surface area contributed by atoms with Crippen LogP contribution < -0.4 is 10.9 Å².